The molecule has 0 atom stereocenters. The van der Waals surface area contributed by atoms with Crippen molar-refractivity contribution in [1.82, 2.24) is 4.31 Å². The van der Waals surface area contributed by atoms with Crippen LogP contribution in [-0.4, -0.2) is 31.7 Å². The van der Waals surface area contributed by atoms with Crippen LogP contribution in [-0.2, 0) is 14.8 Å². The fourth-order valence-electron chi connectivity index (χ4n) is 2.63. The summed E-state index contributed by atoms with van der Waals surface area (Å²) in [6.07, 6.45) is 4.70. The Morgan fingerprint density at radius 3 is 2.11 bits per heavy atom. The minimum Gasteiger partial charge on any atom is -0.323 e. The van der Waals surface area contributed by atoms with E-state index in [4.69, 9.17) is 0 Å². The van der Waals surface area contributed by atoms with Crippen molar-refractivity contribution in [2.45, 2.75) is 31.6 Å². The third-order valence-corrected chi connectivity index (χ3v) is 5.85. The second-order valence-corrected chi connectivity index (χ2v) is 8.10. The maximum absolute atomic E-state index is 12.7. The van der Waals surface area contributed by atoms with Crippen molar-refractivity contribution in [2.75, 3.05) is 18.4 Å². The summed E-state index contributed by atoms with van der Waals surface area (Å²) in [7, 11) is -3.51. The summed E-state index contributed by atoms with van der Waals surface area (Å²) in [5.74, 6) is -0.270. The first-order valence-corrected chi connectivity index (χ1v) is 10.6. The third-order valence-electron chi connectivity index (χ3n) is 3.93. The van der Waals surface area contributed by atoms with Gasteiger partial charge in [0.1, 0.15) is 0 Å². The lowest BCUT2D eigenvalue weighted by Crippen LogP contribution is -2.32. The molecule has 27 heavy (non-hydrogen) atoms. The molecular formula is C21H26N2O3S. The average molecular weight is 387 g/mol. The van der Waals surface area contributed by atoms with Crippen LogP contribution in [0.2, 0.25) is 0 Å². The highest BCUT2D eigenvalue weighted by Gasteiger charge is 2.22. The van der Waals surface area contributed by atoms with Crippen LogP contribution in [0.4, 0.5) is 5.69 Å². The Morgan fingerprint density at radius 1 is 0.963 bits per heavy atom. The fourth-order valence-corrected chi connectivity index (χ4v) is 4.25. The molecule has 0 aromatic heterocycles. The lowest BCUT2D eigenvalue weighted by Gasteiger charge is -2.21. The van der Waals surface area contributed by atoms with E-state index in [1.807, 2.05) is 44.2 Å². The molecule has 0 spiro atoms. The predicted molar refractivity (Wildman–Crippen MR) is 110 cm³/mol. The number of rotatable bonds is 9. The quantitative estimate of drug-likeness (QED) is 0.659. The van der Waals surface area contributed by atoms with Gasteiger partial charge in [-0.2, -0.15) is 4.31 Å². The van der Waals surface area contributed by atoms with Gasteiger partial charge in [0, 0.05) is 24.9 Å². The zero-order chi connectivity index (χ0) is 19.7. The van der Waals surface area contributed by atoms with E-state index in [1.165, 1.54) is 22.5 Å². The Balaban J connectivity index is 2.05. The number of nitrogens with one attached hydrogen (secondary N) is 1. The summed E-state index contributed by atoms with van der Waals surface area (Å²) in [6.45, 7) is 4.91. The number of carbonyl (C=O) groups excluding carboxylic acids is 1. The molecular weight excluding hydrogens is 360 g/mol. The number of carbonyl (C=O) groups is 1. The van der Waals surface area contributed by atoms with Crippen LogP contribution in [0.25, 0.3) is 6.08 Å². The van der Waals surface area contributed by atoms with E-state index in [9.17, 15) is 13.2 Å². The van der Waals surface area contributed by atoms with Gasteiger partial charge in [0.25, 0.3) is 0 Å². The summed E-state index contributed by atoms with van der Waals surface area (Å²) in [5, 5.41) is 2.74. The Morgan fingerprint density at radius 2 is 1.56 bits per heavy atom. The van der Waals surface area contributed by atoms with E-state index in [2.05, 4.69) is 5.32 Å². The van der Waals surface area contributed by atoms with E-state index >= 15 is 0 Å². The molecule has 1 amide bonds. The number of hydrogen-bond donors (Lipinski definition) is 1. The van der Waals surface area contributed by atoms with Gasteiger partial charge in [-0.15, -0.1) is 0 Å². The molecule has 0 radical (unpaired) electrons. The zero-order valence-electron chi connectivity index (χ0n) is 15.8. The topological polar surface area (TPSA) is 66.5 Å². The van der Waals surface area contributed by atoms with E-state index < -0.39 is 10.0 Å². The molecule has 0 fully saturated rings. The van der Waals surface area contributed by atoms with Crippen LogP contribution < -0.4 is 5.32 Å². The summed E-state index contributed by atoms with van der Waals surface area (Å²) < 4.78 is 27.0. The number of amides is 1. The van der Waals surface area contributed by atoms with Gasteiger partial charge in [0.15, 0.2) is 0 Å². The Hall–Kier alpha value is -2.44. The average Bonchev–Trinajstić information content (AvgIpc) is 2.67. The molecule has 0 saturated carbocycles. The standard InChI is InChI=1S/C21H26N2O3S/c1-3-16-23(17-4-2)27(25,26)20-13-11-19(12-14-20)22-21(24)15-10-18-8-6-5-7-9-18/h5-15H,3-4,16-17H2,1-2H3,(H,22,24). The summed E-state index contributed by atoms with van der Waals surface area (Å²) in [5.41, 5.74) is 1.48. The van der Waals surface area contributed by atoms with Crippen molar-refractivity contribution < 1.29 is 13.2 Å². The van der Waals surface area contributed by atoms with Crippen LogP contribution >= 0.6 is 0 Å². The Kier molecular flexibility index (Phi) is 7.76. The minimum atomic E-state index is -3.51. The second kappa shape index (κ2) is 10.0. The molecule has 6 heteroatoms. The van der Waals surface area contributed by atoms with Gasteiger partial charge in [-0.25, -0.2) is 8.42 Å². The number of nitrogens with zero attached hydrogens (tertiary/aromatic N) is 1. The van der Waals surface area contributed by atoms with Gasteiger partial charge >= 0.3 is 0 Å². The molecule has 1 N–H and O–H groups in total. The highest BCUT2D eigenvalue weighted by atomic mass is 32.2. The lowest BCUT2D eigenvalue weighted by atomic mass is 10.2. The SMILES string of the molecule is CCCN(CCC)S(=O)(=O)c1ccc(NC(=O)C=Cc2ccccc2)cc1. The smallest absolute Gasteiger partial charge is 0.248 e. The number of sulfonamides is 1. The van der Waals surface area contributed by atoms with Gasteiger partial charge in [-0.3, -0.25) is 4.79 Å². The third kappa shape index (κ3) is 6.05. The number of anilines is 1. The second-order valence-electron chi connectivity index (χ2n) is 6.16. The molecule has 0 heterocycles. The first-order chi connectivity index (χ1) is 13.0. The van der Waals surface area contributed by atoms with Gasteiger partial charge in [-0.05, 0) is 48.7 Å². The van der Waals surface area contributed by atoms with Crippen molar-refractivity contribution in [3.63, 3.8) is 0 Å². The summed E-state index contributed by atoms with van der Waals surface area (Å²) in [6, 6.07) is 15.8. The van der Waals surface area contributed by atoms with Crippen molar-refractivity contribution in [1.29, 1.82) is 0 Å². The molecule has 0 bridgehead atoms. The van der Waals surface area contributed by atoms with E-state index in [0.717, 1.165) is 18.4 Å². The highest BCUT2D eigenvalue weighted by molar-refractivity contribution is 7.89. The van der Waals surface area contributed by atoms with Crippen LogP contribution in [0.5, 0.6) is 0 Å². The zero-order valence-corrected chi connectivity index (χ0v) is 16.6. The molecule has 0 aliphatic carbocycles. The molecule has 5 nitrogen and oxygen atoms in total. The summed E-state index contributed by atoms with van der Waals surface area (Å²) >= 11 is 0. The Labute approximate surface area is 161 Å². The summed E-state index contributed by atoms with van der Waals surface area (Å²) in [4.78, 5) is 12.3. The van der Waals surface area contributed by atoms with Gasteiger partial charge in [0.2, 0.25) is 15.9 Å². The van der Waals surface area contributed by atoms with Crippen molar-refractivity contribution in [3.8, 4) is 0 Å². The van der Waals surface area contributed by atoms with Gasteiger partial charge in [0.05, 0.1) is 4.90 Å². The highest BCUT2D eigenvalue weighted by Crippen LogP contribution is 2.19. The monoisotopic (exact) mass is 386 g/mol. The van der Waals surface area contributed by atoms with Crippen LogP contribution in [0.1, 0.15) is 32.3 Å². The molecule has 2 aromatic rings. The van der Waals surface area contributed by atoms with Crippen molar-refractivity contribution in [2.24, 2.45) is 0 Å². The normalized spacial score (nSPS) is 11.8. The molecule has 0 aliphatic heterocycles. The van der Waals surface area contributed by atoms with Crippen LogP contribution in [0.15, 0.2) is 65.6 Å². The molecule has 144 valence electrons. The van der Waals surface area contributed by atoms with Crippen molar-refractivity contribution in [3.05, 3.63) is 66.2 Å². The van der Waals surface area contributed by atoms with Gasteiger partial charge < -0.3 is 5.32 Å². The molecule has 2 aromatic carbocycles. The fraction of sp³-hybridized carbons (Fsp3) is 0.286. The molecule has 2 rings (SSSR count). The maximum atomic E-state index is 12.7. The first-order valence-electron chi connectivity index (χ1n) is 9.11. The van der Waals surface area contributed by atoms with Crippen LogP contribution in [0, 0.1) is 0 Å². The van der Waals surface area contributed by atoms with E-state index in [0.29, 0.717) is 18.8 Å². The van der Waals surface area contributed by atoms with Gasteiger partial charge in [-0.1, -0.05) is 44.2 Å². The predicted octanol–water partition coefficient (Wildman–Crippen LogP) is 4.15. The van der Waals surface area contributed by atoms with Crippen molar-refractivity contribution >= 4 is 27.7 Å². The number of hydrogen-bond acceptors (Lipinski definition) is 3. The minimum absolute atomic E-state index is 0.238. The first kappa shape index (κ1) is 20.9. The van der Waals surface area contributed by atoms with E-state index in [1.54, 1.807) is 18.2 Å². The van der Waals surface area contributed by atoms with E-state index in [-0.39, 0.29) is 10.8 Å². The number of benzene rings is 2. The Bertz CT molecular complexity index is 854. The molecule has 0 unspecified atom stereocenters. The lowest BCUT2D eigenvalue weighted by molar-refractivity contribution is -0.111. The molecule has 0 saturated heterocycles. The largest absolute Gasteiger partial charge is 0.323 e. The van der Waals surface area contributed by atoms with Crippen LogP contribution in [0.3, 0.4) is 0 Å². The molecule has 0 aliphatic rings. The maximum Gasteiger partial charge on any atom is 0.248 e.